The van der Waals surface area contributed by atoms with Crippen molar-refractivity contribution in [3.8, 4) is 0 Å². The van der Waals surface area contributed by atoms with E-state index < -0.39 is 23.6 Å². The lowest BCUT2D eigenvalue weighted by Crippen LogP contribution is -2.06. The molecule has 1 N–H and O–H groups in total. The Morgan fingerprint density at radius 1 is 0.947 bits per heavy atom. The van der Waals surface area contributed by atoms with Crippen molar-refractivity contribution >= 4 is 15.9 Å². The van der Waals surface area contributed by atoms with E-state index in [2.05, 4.69) is 15.9 Å². The number of hydrogen-bond acceptors (Lipinski definition) is 1. The molecule has 0 aromatic heterocycles. The lowest BCUT2D eigenvalue weighted by atomic mass is 9.99. The lowest BCUT2D eigenvalue weighted by Gasteiger charge is -2.14. The average molecular weight is 331 g/mol. The van der Waals surface area contributed by atoms with Crippen molar-refractivity contribution in [2.45, 2.75) is 13.0 Å². The summed E-state index contributed by atoms with van der Waals surface area (Å²) in [6.45, 7) is 1.41. The molecule has 0 heterocycles. The van der Waals surface area contributed by atoms with Crippen LogP contribution in [0.1, 0.15) is 22.8 Å². The van der Waals surface area contributed by atoms with E-state index in [1.165, 1.54) is 19.1 Å². The quantitative estimate of drug-likeness (QED) is 0.872. The highest BCUT2D eigenvalue weighted by molar-refractivity contribution is 9.10. The maximum atomic E-state index is 13.7. The summed E-state index contributed by atoms with van der Waals surface area (Å²) in [5.41, 5.74) is -0.264. The van der Waals surface area contributed by atoms with Gasteiger partial charge in [0.25, 0.3) is 0 Å². The predicted molar refractivity (Wildman–Crippen MR) is 69.3 cm³/mol. The van der Waals surface area contributed by atoms with E-state index in [4.69, 9.17) is 0 Å². The van der Waals surface area contributed by atoms with Gasteiger partial charge in [-0.05, 0) is 36.8 Å². The molecule has 2 aromatic rings. The molecule has 0 saturated carbocycles. The van der Waals surface area contributed by atoms with Gasteiger partial charge in [-0.2, -0.15) is 0 Å². The van der Waals surface area contributed by atoms with E-state index in [0.29, 0.717) is 4.47 Å². The van der Waals surface area contributed by atoms with Crippen LogP contribution in [0, 0.1) is 24.4 Å². The standard InChI is InChI=1S/C14H10BrF3O/c1-7-4-12(17)10(6-11(7)16)14(19)9-3-2-8(15)5-13(9)18/h2-6,14,19H,1H3. The van der Waals surface area contributed by atoms with Gasteiger partial charge in [-0.1, -0.05) is 22.0 Å². The lowest BCUT2D eigenvalue weighted by molar-refractivity contribution is 0.209. The monoisotopic (exact) mass is 330 g/mol. The fourth-order valence-electron chi connectivity index (χ4n) is 1.76. The number of benzene rings is 2. The second-order valence-electron chi connectivity index (χ2n) is 4.19. The van der Waals surface area contributed by atoms with Crippen molar-refractivity contribution in [2.24, 2.45) is 0 Å². The minimum Gasteiger partial charge on any atom is -0.383 e. The van der Waals surface area contributed by atoms with Crippen LogP contribution in [0.5, 0.6) is 0 Å². The molecule has 1 unspecified atom stereocenters. The van der Waals surface area contributed by atoms with Gasteiger partial charge in [-0.15, -0.1) is 0 Å². The minimum absolute atomic E-state index is 0.106. The minimum atomic E-state index is -1.55. The zero-order valence-corrected chi connectivity index (χ0v) is 11.5. The molecule has 0 amide bonds. The molecule has 0 fully saturated rings. The van der Waals surface area contributed by atoms with Gasteiger partial charge in [0.15, 0.2) is 0 Å². The number of aliphatic hydroxyl groups excluding tert-OH is 1. The molecule has 19 heavy (non-hydrogen) atoms. The first-order chi connectivity index (χ1) is 8.90. The van der Waals surface area contributed by atoms with Crippen LogP contribution in [0.4, 0.5) is 13.2 Å². The van der Waals surface area contributed by atoms with Crippen molar-refractivity contribution in [1.82, 2.24) is 0 Å². The smallest absolute Gasteiger partial charge is 0.130 e. The summed E-state index contributed by atoms with van der Waals surface area (Å²) in [4.78, 5) is 0. The van der Waals surface area contributed by atoms with Gasteiger partial charge in [0.2, 0.25) is 0 Å². The topological polar surface area (TPSA) is 20.2 Å². The summed E-state index contributed by atoms with van der Waals surface area (Å²) in [7, 11) is 0. The first-order valence-corrected chi connectivity index (χ1v) is 6.28. The molecule has 100 valence electrons. The fourth-order valence-corrected chi connectivity index (χ4v) is 2.10. The van der Waals surface area contributed by atoms with Crippen LogP contribution >= 0.6 is 15.9 Å². The van der Waals surface area contributed by atoms with E-state index in [9.17, 15) is 18.3 Å². The average Bonchev–Trinajstić information content (AvgIpc) is 2.33. The van der Waals surface area contributed by atoms with E-state index >= 15 is 0 Å². The maximum Gasteiger partial charge on any atom is 0.130 e. The Morgan fingerprint density at radius 2 is 1.58 bits per heavy atom. The summed E-state index contributed by atoms with van der Waals surface area (Å²) >= 11 is 3.08. The number of aliphatic hydroxyl groups is 1. The molecular weight excluding hydrogens is 321 g/mol. The molecule has 2 aromatic carbocycles. The molecular formula is C14H10BrF3O. The largest absolute Gasteiger partial charge is 0.383 e. The molecule has 2 rings (SSSR count). The van der Waals surface area contributed by atoms with Gasteiger partial charge < -0.3 is 5.11 Å². The number of aryl methyl sites for hydroxylation is 1. The summed E-state index contributed by atoms with van der Waals surface area (Å²) < 4.78 is 41.3. The van der Waals surface area contributed by atoms with E-state index in [1.807, 2.05) is 0 Å². The van der Waals surface area contributed by atoms with Crippen LogP contribution in [-0.2, 0) is 0 Å². The Morgan fingerprint density at radius 3 is 2.21 bits per heavy atom. The highest BCUT2D eigenvalue weighted by Gasteiger charge is 2.20. The van der Waals surface area contributed by atoms with Gasteiger partial charge in [0.1, 0.15) is 23.6 Å². The molecule has 1 atom stereocenters. The van der Waals surface area contributed by atoms with Crippen LogP contribution in [0.3, 0.4) is 0 Å². The molecule has 0 bridgehead atoms. The summed E-state index contributed by atoms with van der Waals surface area (Å²) in [5.74, 6) is -2.11. The van der Waals surface area contributed by atoms with Gasteiger partial charge in [-0.3, -0.25) is 0 Å². The predicted octanol–water partition coefficient (Wildman–Crippen LogP) is 4.26. The Kier molecular flexibility index (Phi) is 3.96. The second kappa shape index (κ2) is 5.35. The summed E-state index contributed by atoms with van der Waals surface area (Å²) in [6, 6.07) is 5.86. The Bertz CT molecular complexity index is 628. The van der Waals surface area contributed by atoms with Crippen LogP contribution in [0.25, 0.3) is 0 Å². The first-order valence-electron chi connectivity index (χ1n) is 5.48. The number of rotatable bonds is 2. The first kappa shape index (κ1) is 14.1. The van der Waals surface area contributed by atoms with Gasteiger partial charge in [-0.25, -0.2) is 13.2 Å². The highest BCUT2D eigenvalue weighted by atomic mass is 79.9. The van der Waals surface area contributed by atoms with Crippen LogP contribution in [0.2, 0.25) is 0 Å². The number of hydrogen-bond donors (Lipinski definition) is 1. The summed E-state index contributed by atoms with van der Waals surface area (Å²) in [6.07, 6.45) is -1.55. The van der Waals surface area contributed by atoms with Gasteiger partial charge in [0, 0.05) is 15.6 Å². The zero-order chi connectivity index (χ0) is 14.2. The Hall–Kier alpha value is -1.33. The van der Waals surface area contributed by atoms with Crippen molar-refractivity contribution in [3.63, 3.8) is 0 Å². The van der Waals surface area contributed by atoms with E-state index in [-0.39, 0.29) is 16.7 Å². The van der Waals surface area contributed by atoms with E-state index in [0.717, 1.165) is 18.2 Å². The molecule has 0 aliphatic rings. The van der Waals surface area contributed by atoms with Gasteiger partial charge in [0.05, 0.1) is 0 Å². The molecule has 0 aliphatic carbocycles. The Labute approximate surface area is 116 Å². The van der Waals surface area contributed by atoms with Crippen LogP contribution < -0.4 is 0 Å². The highest BCUT2D eigenvalue weighted by Crippen LogP contribution is 2.29. The zero-order valence-electron chi connectivity index (χ0n) is 9.92. The Balaban J connectivity index is 2.49. The SMILES string of the molecule is Cc1cc(F)c(C(O)c2ccc(Br)cc2F)cc1F. The third-order valence-electron chi connectivity index (χ3n) is 2.83. The van der Waals surface area contributed by atoms with Crippen LogP contribution in [-0.4, -0.2) is 5.11 Å². The third-order valence-corrected chi connectivity index (χ3v) is 3.32. The normalized spacial score (nSPS) is 12.5. The molecule has 1 nitrogen and oxygen atoms in total. The van der Waals surface area contributed by atoms with Gasteiger partial charge >= 0.3 is 0 Å². The molecule has 5 heteroatoms. The van der Waals surface area contributed by atoms with Crippen molar-refractivity contribution in [2.75, 3.05) is 0 Å². The summed E-state index contributed by atoms with van der Waals surface area (Å²) in [5, 5.41) is 10.00. The van der Waals surface area contributed by atoms with E-state index in [1.54, 1.807) is 0 Å². The van der Waals surface area contributed by atoms with Crippen molar-refractivity contribution in [1.29, 1.82) is 0 Å². The molecule has 0 radical (unpaired) electrons. The third kappa shape index (κ3) is 2.82. The van der Waals surface area contributed by atoms with Crippen LogP contribution in [0.15, 0.2) is 34.8 Å². The second-order valence-corrected chi connectivity index (χ2v) is 5.11. The van der Waals surface area contributed by atoms with Crippen molar-refractivity contribution < 1.29 is 18.3 Å². The van der Waals surface area contributed by atoms with Crippen molar-refractivity contribution in [3.05, 3.63) is 68.9 Å². The molecule has 0 aliphatic heterocycles. The maximum absolute atomic E-state index is 13.7. The molecule has 0 spiro atoms. The number of halogens is 4. The fraction of sp³-hybridized carbons (Fsp3) is 0.143. The molecule has 0 saturated heterocycles.